The molecule has 2 aromatic carbocycles. The van der Waals surface area contributed by atoms with Crippen LogP contribution in [0.3, 0.4) is 0 Å². The van der Waals surface area contributed by atoms with Crippen LogP contribution in [0.2, 0.25) is 0 Å². The summed E-state index contributed by atoms with van der Waals surface area (Å²) < 4.78 is 4.88. The molecule has 6 heteroatoms. The summed E-state index contributed by atoms with van der Waals surface area (Å²) in [6.45, 7) is 12.9. The standard InChI is InChI=1S/C27H32N2O.2ClH.Fe/c1-18(2)22-12-7-9-14-24(22)28-20(5)26-16-11-17-27(30-26)21(6)29-25-15-10-8-13-23(25)19(3)4;;;/h7-10,12-19H,11H2,1-6H3;2*1H;/q;;;+2/p-1. The summed E-state index contributed by atoms with van der Waals surface area (Å²) >= 11 is 0.194. The van der Waals surface area contributed by atoms with E-state index in [9.17, 15) is 0 Å². The molecule has 0 aliphatic carbocycles. The van der Waals surface area contributed by atoms with E-state index in [1.165, 1.54) is 11.1 Å². The van der Waals surface area contributed by atoms with E-state index in [0.29, 0.717) is 11.8 Å². The fourth-order valence-corrected chi connectivity index (χ4v) is 3.59. The zero-order chi connectivity index (χ0) is 24.4. The number of rotatable bonds is 6. The van der Waals surface area contributed by atoms with E-state index in [1.54, 1.807) is 0 Å². The molecule has 3 rings (SSSR count). The van der Waals surface area contributed by atoms with Gasteiger partial charge in [-0.25, -0.2) is 9.98 Å². The second kappa shape index (κ2) is 13.8. The van der Waals surface area contributed by atoms with E-state index in [0.717, 1.165) is 40.7 Å². The summed E-state index contributed by atoms with van der Waals surface area (Å²) in [6, 6.07) is 16.7. The molecular weight excluding hydrogens is 495 g/mol. The second-order valence-corrected chi connectivity index (χ2v) is 10.2. The van der Waals surface area contributed by atoms with Crippen molar-refractivity contribution in [1.29, 1.82) is 0 Å². The molecular formula is C27H33Cl2FeN2O+. The number of nitrogens with zero attached hydrogens (tertiary/aromatic N) is 2. The predicted molar refractivity (Wildman–Crippen MR) is 142 cm³/mol. The van der Waals surface area contributed by atoms with Gasteiger partial charge in [-0.1, -0.05) is 64.1 Å². The number of allylic oxidation sites excluding steroid dienone is 4. The first-order valence-electron chi connectivity index (χ1n) is 11.0. The molecule has 0 unspecified atom stereocenters. The maximum atomic E-state index is 4.91. The Balaban J connectivity index is 0.00000122. The molecule has 0 aromatic heterocycles. The van der Waals surface area contributed by atoms with Crippen LogP contribution in [0.25, 0.3) is 0 Å². The van der Waals surface area contributed by atoms with E-state index in [4.69, 9.17) is 34.9 Å². The minimum atomic E-state index is 0.194. The number of halogens is 2. The van der Waals surface area contributed by atoms with Crippen LogP contribution in [0.4, 0.5) is 11.4 Å². The molecule has 0 amide bonds. The molecule has 2 aromatic rings. The van der Waals surface area contributed by atoms with Crippen LogP contribution in [0.1, 0.15) is 70.9 Å². The van der Waals surface area contributed by atoms with Gasteiger partial charge < -0.3 is 4.74 Å². The Morgan fingerprint density at radius 2 is 1.12 bits per heavy atom. The van der Waals surface area contributed by atoms with Gasteiger partial charge in [0.1, 0.15) is 11.4 Å². The summed E-state index contributed by atoms with van der Waals surface area (Å²) in [4.78, 5) is 9.81. The first-order valence-corrected chi connectivity index (χ1v) is 14.1. The zero-order valence-corrected chi connectivity index (χ0v) is 22.7. The molecule has 0 radical (unpaired) electrons. The van der Waals surface area contributed by atoms with Gasteiger partial charge in [0.25, 0.3) is 11.5 Å². The molecule has 178 valence electrons. The molecule has 3 nitrogen and oxygen atoms in total. The number of para-hydroxylation sites is 2. The maximum absolute atomic E-state index is 4.91. The Morgan fingerprint density at radius 1 is 0.758 bits per heavy atom. The summed E-state index contributed by atoms with van der Waals surface area (Å²) in [7, 11) is 9.53. The molecule has 0 saturated heterocycles. The van der Waals surface area contributed by atoms with Crippen LogP contribution >= 0.6 is 20.2 Å². The van der Waals surface area contributed by atoms with E-state index in [-0.39, 0.29) is 13.1 Å². The Hall–Kier alpha value is -1.84. The molecule has 1 aliphatic heterocycles. The van der Waals surface area contributed by atoms with Crippen molar-refractivity contribution in [2.24, 2.45) is 9.98 Å². The molecule has 0 fully saturated rings. The number of aliphatic imine (C=N–C) groups is 2. The van der Waals surface area contributed by atoms with E-state index in [2.05, 4.69) is 76.2 Å². The van der Waals surface area contributed by atoms with Crippen LogP contribution in [0, 0.1) is 0 Å². The molecule has 0 saturated carbocycles. The van der Waals surface area contributed by atoms with Crippen molar-refractivity contribution in [2.45, 2.75) is 59.8 Å². The van der Waals surface area contributed by atoms with Crippen molar-refractivity contribution in [1.82, 2.24) is 0 Å². The van der Waals surface area contributed by atoms with Gasteiger partial charge in [-0.05, 0) is 48.9 Å². The molecule has 0 atom stereocenters. The Morgan fingerprint density at radius 3 is 1.48 bits per heavy atom. The average molecular weight is 528 g/mol. The third-order valence-electron chi connectivity index (χ3n) is 5.30. The fourth-order valence-electron chi connectivity index (χ4n) is 3.59. The van der Waals surface area contributed by atoms with Crippen molar-refractivity contribution < 1.29 is 17.9 Å². The third kappa shape index (κ3) is 8.15. The molecule has 1 aliphatic rings. The van der Waals surface area contributed by atoms with Gasteiger partial charge in [0, 0.05) is 18.6 Å². The van der Waals surface area contributed by atoms with Gasteiger partial charge >= 0.3 is 33.3 Å². The first-order chi connectivity index (χ1) is 15.8. The topological polar surface area (TPSA) is 37.5 Å². The van der Waals surface area contributed by atoms with Crippen molar-refractivity contribution in [3.05, 3.63) is 83.3 Å². The minimum absolute atomic E-state index is 0.194. The van der Waals surface area contributed by atoms with Crippen molar-refractivity contribution in [3.8, 4) is 0 Å². The first kappa shape index (κ1) is 27.4. The van der Waals surface area contributed by atoms with Crippen LogP contribution in [0.5, 0.6) is 0 Å². The van der Waals surface area contributed by atoms with Crippen molar-refractivity contribution >= 4 is 43.0 Å². The summed E-state index contributed by atoms with van der Waals surface area (Å²) in [5.74, 6) is 2.72. The molecule has 33 heavy (non-hydrogen) atoms. The zero-order valence-electron chi connectivity index (χ0n) is 20.1. The number of hydrogen-bond donors (Lipinski definition) is 0. The van der Waals surface area contributed by atoms with E-state index < -0.39 is 0 Å². The SMILES string of the molecule is CC(=Nc1ccccc1C(C)C)C1=CCC=C(C(C)=Nc2ccccc2C(C)C)[OH+]1.[Cl][Fe][Cl]. The van der Waals surface area contributed by atoms with Gasteiger partial charge in [-0.3, -0.25) is 0 Å². The monoisotopic (exact) mass is 527 g/mol. The van der Waals surface area contributed by atoms with Gasteiger partial charge in [0.15, 0.2) is 0 Å². The number of benzene rings is 2. The van der Waals surface area contributed by atoms with Crippen LogP contribution in [-0.2, 0) is 13.1 Å². The molecule has 1 heterocycles. The Bertz CT molecular complexity index is 974. The molecule has 0 bridgehead atoms. The van der Waals surface area contributed by atoms with E-state index >= 15 is 0 Å². The molecule has 0 spiro atoms. The normalized spacial score (nSPS) is 14.5. The van der Waals surface area contributed by atoms with Gasteiger partial charge in [-0.15, -0.1) is 0 Å². The van der Waals surface area contributed by atoms with Crippen molar-refractivity contribution in [2.75, 3.05) is 0 Å². The van der Waals surface area contributed by atoms with Crippen LogP contribution in [0.15, 0.2) is 82.2 Å². The number of hydrogen-bond acceptors (Lipinski definition) is 2. The van der Waals surface area contributed by atoms with Crippen LogP contribution < -0.4 is 0 Å². The predicted octanol–water partition coefficient (Wildman–Crippen LogP) is 9.46. The fraction of sp³-hybridized carbons (Fsp3) is 0.333. The van der Waals surface area contributed by atoms with E-state index in [1.807, 2.05) is 26.0 Å². The van der Waals surface area contributed by atoms with Crippen LogP contribution in [-0.4, -0.2) is 16.2 Å². The van der Waals surface area contributed by atoms with Gasteiger partial charge in [-0.2, -0.15) is 0 Å². The summed E-state index contributed by atoms with van der Waals surface area (Å²) in [6.07, 6.45) is 5.11. The summed E-state index contributed by atoms with van der Waals surface area (Å²) in [5.41, 5.74) is 6.43. The Kier molecular flexibility index (Phi) is 11.4. The quantitative estimate of drug-likeness (QED) is 0.204. The van der Waals surface area contributed by atoms with Crippen molar-refractivity contribution in [3.63, 3.8) is 0 Å². The van der Waals surface area contributed by atoms with Gasteiger partial charge in [0.05, 0.1) is 11.4 Å². The second-order valence-electron chi connectivity index (χ2n) is 8.40. The average Bonchev–Trinajstić information content (AvgIpc) is 2.80. The number of ether oxygens (including phenoxy) is 1. The molecule has 1 N–H and O–H groups in total. The third-order valence-corrected chi connectivity index (χ3v) is 5.30. The van der Waals surface area contributed by atoms with Gasteiger partial charge in [0.2, 0.25) is 0 Å². The number of aliphatic hydroxyl groups is 2. The Labute approximate surface area is 213 Å². The summed E-state index contributed by atoms with van der Waals surface area (Å²) in [5, 5.41) is 0.